The molecule has 0 saturated carbocycles. The van der Waals surface area contributed by atoms with Gasteiger partial charge in [0, 0.05) is 0 Å². The molecule has 0 N–H and O–H groups in total. The van der Waals surface area contributed by atoms with E-state index in [1.54, 1.807) is 0 Å². The summed E-state index contributed by atoms with van der Waals surface area (Å²) in [6, 6.07) is 53.7. The summed E-state index contributed by atoms with van der Waals surface area (Å²) < 4.78 is 0. The molecule has 0 aliphatic heterocycles. The summed E-state index contributed by atoms with van der Waals surface area (Å²) in [5.74, 6) is 0. The first-order valence-corrected chi connectivity index (χ1v) is 14.0. The fraction of sp³-hybridized carbons (Fsp3) is 0. The Labute approximate surface area is 232 Å². The van der Waals surface area contributed by atoms with Crippen molar-refractivity contribution >= 4 is 64.6 Å². The molecule has 0 radical (unpaired) electrons. The molecular formula is C40H24. The van der Waals surface area contributed by atoms with Gasteiger partial charge in [0.2, 0.25) is 0 Å². The van der Waals surface area contributed by atoms with Crippen molar-refractivity contribution in [2.75, 3.05) is 0 Å². The number of hydrogen-bond donors (Lipinski definition) is 0. The van der Waals surface area contributed by atoms with Crippen LogP contribution in [0.5, 0.6) is 0 Å². The molecule has 9 aromatic rings. The molecule has 0 nitrogen and oxygen atoms in total. The number of benzene rings is 9. The number of rotatable bonds is 2. The lowest BCUT2D eigenvalue weighted by atomic mass is 9.82. The van der Waals surface area contributed by atoms with Gasteiger partial charge in [-0.15, -0.1) is 0 Å². The van der Waals surface area contributed by atoms with Gasteiger partial charge in [-0.25, -0.2) is 0 Å². The van der Waals surface area contributed by atoms with E-state index in [-0.39, 0.29) is 0 Å². The van der Waals surface area contributed by atoms with Crippen LogP contribution in [0.1, 0.15) is 0 Å². The summed E-state index contributed by atoms with van der Waals surface area (Å²) in [6.45, 7) is 0. The third kappa shape index (κ3) is 2.91. The zero-order chi connectivity index (χ0) is 26.2. The van der Waals surface area contributed by atoms with E-state index in [2.05, 4.69) is 146 Å². The van der Waals surface area contributed by atoms with Gasteiger partial charge >= 0.3 is 0 Å². The van der Waals surface area contributed by atoms with Crippen LogP contribution in [0.2, 0.25) is 0 Å². The number of hydrogen-bond acceptors (Lipinski definition) is 0. The Morgan fingerprint density at radius 1 is 0.275 bits per heavy atom. The summed E-state index contributed by atoms with van der Waals surface area (Å²) in [5.41, 5.74) is 5.12. The highest BCUT2D eigenvalue weighted by atomic mass is 14.2. The molecule has 0 spiro atoms. The van der Waals surface area contributed by atoms with Gasteiger partial charge in [-0.3, -0.25) is 0 Å². The van der Waals surface area contributed by atoms with Gasteiger partial charge in [-0.2, -0.15) is 0 Å². The predicted molar refractivity (Wildman–Crippen MR) is 174 cm³/mol. The summed E-state index contributed by atoms with van der Waals surface area (Å²) in [5, 5.41) is 15.8. The van der Waals surface area contributed by atoms with E-state index in [1.165, 1.54) is 86.9 Å². The van der Waals surface area contributed by atoms with Crippen LogP contribution in [0.25, 0.3) is 86.9 Å². The van der Waals surface area contributed by atoms with Gasteiger partial charge in [-0.05, 0) is 93.0 Å². The molecule has 0 amide bonds. The van der Waals surface area contributed by atoms with Crippen molar-refractivity contribution in [1.82, 2.24) is 0 Å². The first kappa shape index (κ1) is 21.7. The quantitative estimate of drug-likeness (QED) is 0.162. The van der Waals surface area contributed by atoms with E-state index in [4.69, 9.17) is 0 Å². The monoisotopic (exact) mass is 504 g/mol. The second-order valence-corrected chi connectivity index (χ2v) is 10.8. The van der Waals surface area contributed by atoms with E-state index in [0.717, 1.165) is 0 Å². The maximum atomic E-state index is 2.38. The molecule has 9 rings (SSSR count). The lowest BCUT2D eigenvalue weighted by Gasteiger charge is -2.21. The van der Waals surface area contributed by atoms with Crippen molar-refractivity contribution in [1.29, 1.82) is 0 Å². The van der Waals surface area contributed by atoms with Crippen molar-refractivity contribution in [2.45, 2.75) is 0 Å². The molecule has 0 heteroatoms. The highest BCUT2D eigenvalue weighted by Gasteiger charge is 2.21. The Hall–Kier alpha value is -5.20. The van der Waals surface area contributed by atoms with Crippen molar-refractivity contribution in [2.24, 2.45) is 0 Å². The Morgan fingerprint density at radius 2 is 0.900 bits per heavy atom. The summed E-state index contributed by atoms with van der Waals surface area (Å²) >= 11 is 0. The van der Waals surface area contributed by atoms with E-state index in [1.807, 2.05) is 0 Å². The molecule has 0 saturated heterocycles. The Bertz CT molecular complexity index is 2410. The standard InChI is InChI=1S/C40H24/c1-2-11-26(12-3-1)37-32-15-7-6-14-30(32)33-17-9-19-35-34-18-8-16-31-29(22-23-36(38(31)34)40(37)39(33)35)28-21-20-25-10-4-5-13-27(25)24-28/h1-24H. The molecule has 9 aromatic carbocycles. The van der Waals surface area contributed by atoms with Gasteiger partial charge in [0.15, 0.2) is 0 Å². The molecule has 0 aliphatic rings. The molecule has 0 bridgehead atoms. The van der Waals surface area contributed by atoms with Crippen molar-refractivity contribution in [3.05, 3.63) is 146 Å². The van der Waals surface area contributed by atoms with Crippen LogP contribution < -0.4 is 0 Å². The fourth-order valence-corrected chi connectivity index (χ4v) is 7.09. The van der Waals surface area contributed by atoms with Crippen LogP contribution in [0.3, 0.4) is 0 Å². The second kappa shape index (κ2) is 8.15. The zero-order valence-electron chi connectivity index (χ0n) is 21.9. The van der Waals surface area contributed by atoms with Gasteiger partial charge < -0.3 is 0 Å². The first-order chi connectivity index (χ1) is 19.9. The van der Waals surface area contributed by atoms with Crippen LogP contribution in [-0.4, -0.2) is 0 Å². The van der Waals surface area contributed by atoms with Gasteiger partial charge in [0.1, 0.15) is 0 Å². The molecule has 0 fully saturated rings. The van der Waals surface area contributed by atoms with Gasteiger partial charge in [0.05, 0.1) is 0 Å². The fourth-order valence-electron chi connectivity index (χ4n) is 7.09. The predicted octanol–water partition coefficient (Wildman–Crippen LogP) is 11.4. The normalized spacial score (nSPS) is 12.0. The topological polar surface area (TPSA) is 0 Å². The molecule has 0 aliphatic carbocycles. The van der Waals surface area contributed by atoms with Crippen LogP contribution in [0.15, 0.2) is 146 Å². The molecular weight excluding hydrogens is 480 g/mol. The lowest BCUT2D eigenvalue weighted by molar-refractivity contribution is 1.68. The van der Waals surface area contributed by atoms with Crippen LogP contribution >= 0.6 is 0 Å². The van der Waals surface area contributed by atoms with Crippen molar-refractivity contribution in [3.63, 3.8) is 0 Å². The van der Waals surface area contributed by atoms with Gasteiger partial charge in [-0.1, -0.05) is 140 Å². The molecule has 184 valence electrons. The summed E-state index contributed by atoms with van der Waals surface area (Å²) in [7, 11) is 0. The Balaban J connectivity index is 1.52. The average Bonchev–Trinajstić information content (AvgIpc) is 3.03. The van der Waals surface area contributed by atoms with Crippen molar-refractivity contribution < 1.29 is 0 Å². The maximum Gasteiger partial charge on any atom is -0.000763 e. The molecule has 0 aromatic heterocycles. The Morgan fingerprint density at radius 3 is 1.73 bits per heavy atom. The zero-order valence-corrected chi connectivity index (χ0v) is 21.9. The second-order valence-electron chi connectivity index (χ2n) is 10.8. The Kier molecular flexibility index (Phi) is 4.42. The molecule has 0 atom stereocenters. The minimum atomic E-state index is 1.26. The third-order valence-corrected chi connectivity index (χ3v) is 8.77. The van der Waals surface area contributed by atoms with Crippen LogP contribution in [0, 0.1) is 0 Å². The minimum absolute atomic E-state index is 1.26. The highest BCUT2D eigenvalue weighted by Crippen LogP contribution is 2.49. The SMILES string of the molecule is c1ccc(-c2c3ccccc3c3cccc4c5cccc6c(-c7ccc8ccccc8c7)ccc(c2c34)c65)cc1. The number of fused-ring (bicyclic) bond motifs is 5. The molecule has 40 heavy (non-hydrogen) atoms. The highest BCUT2D eigenvalue weighted by molar-refractivity contribution is 6.40. The average molecular weight is 505 g/mol. The maximum absolute atomic E-state index is 2.38. The van der Waals surface area contributed by atoms with Crippen LogP contribution in [0.4, 0.5) is 0 Å². The molecule has 0 unspecified atom stereocenters. The molecule has 0 heterocycles. The van der Waals surface area contributed by atoms with Crippen LogP contribution in [-0.2, 0) is 0 Å². The smallest absolute Gasteiger partial charge is 0.000763 e. The van der Waals surface area contributed by atoms with E-state index >= 15 is 0 Å². The van der Waals surface area contributed by atoms with Gasteiger partial charge in [0.25, 0.3) is 0 Å². The third-order valence-electron chi connectivity index (χ3n) is 8.77. The largest absolute Gasteiger partial charge is 0.0622 e. The summed E-state index contributed by atoms with van der Waals surface area (Å²) in [4.78, 5) is 0. The lowest BCUT2D eigenvalue weighted by Crippen LogP contribution is -1.93. The van der Waals surface area contributed by atoms with E-state index in [9.17, 15) is 0 Å². The summed E-state index contributed by atoms with van der Waals surface area (Å²) in [6.07, 6.45) is 0. The van der Waals surface area contributed by atoms with E-state index < -0.39 is 0 Å². The van der Waals surface area contributed by atoms with E-state index in [0.29, 0.717) is 0 Å². The first-order valence-electron chi connectivity index (χ1n) is 14.0. The minimum Gasteiger partial charge on any atom is -0.0622 e. The van der Waals surface area contributed by atoms with Crippen molar-refractivity contribution in [3.8, 4) is 22.3 Å².